The van der Waals surface area contributed by atoms with E-state index in [2.05, 4.69) is 20.4 Å². The van der Waals surface area contributed by atoms with Crippen LogP contribution in [0, 0.1) is 5.82 Å². The molecule has 1 aromatic carbocycles. The van der Waals surface area contributed by atoms with Crippen LogP contribution in [0.25, 0.3) is 17.1 Å². The van der Waals surface area contributed by atoms with Crippen molar-refractivity contribution in [1.29, 1.82) is 0 Å². The molecule has 0 saturated carbocycles. The number of pyridine rings is 1. The SMILES string of the molecule is O=C(Nc1nc(-c2ccccn2)cs1)c1c2c(nn1-c1ccc(F)cc1)CS(=O)(=O)C2. The van der Waals surface area contributed by atoms with E-state index >= 15 is 0 Å². The Hall–Kier alpha value is -3.44. The minimum atomic E-state index is -3.37. The van der Waals surface area contributed by atoms with Crippen molar-refractivity contribution in [2.45, 2.75) is 11.5 Å². The Morgan fingerprint density at radius 3 is 2.65 bits per heavy atom. The van der Waals surface area contributed by atoms with Crippen LogP contribution in [0.15, 0.2) is 54.0 Å². The average Bonchev–Trinajstić information content (AvgIpc) is 3.41. The highest BCUT2D eigenvalue weighted by molar-refractivity contribution is 7.90. The molecule has 0 spiro atoms. The lowest BCUT2D eigenvalue weighted by molar-refractivity contribution is 0.101. The minimum absolute atomic E-state index is 0.0947. The number of anilines is 1. The van der Waals surface area contributed by atoms with Gasteiger partial charge in [0.25, 0.3) is 5.91 Å². The van der Waals surface area contributed by atoms with Gasteiger partial charge in [-0.1, -0.05) is 6.07 Å². The van der Waals surface area contributed by atoms with Crippen molar-refractivity contribution in [3.05, 3.63) is 76.8 Å². The molecule has 5 rings (SSSR count). The van der Waals surface area contributed by atoms with Gasteiger partial charge in [-0.25, -0.2) is 22.5 Å². The maximum Gasteiger partial charge on any atom is 0.276 e. The Labute approximate surface area is 180 Å². The van der Waals surface area contributed by atoms with E-state index in [1.807, 2.05) is 12.1 Å². The molecular formula is C20H14FN5O3S2. The van der Waals surface area contributed by atoms with E-state index in [1.54, 1.807) is 17.6 Å². The molecule has 8 nitrogen and oxygen atoms in total. The van der Waals surface area contributed by atoms with Crippen LogP contribution in [0.4, 0.5) is 9.52 Å². The zero-order valence-electron chi connectivity index (χ0n) is 15.8. The van der Waals surface area contributed by atoms with Crippen LogP contribution >= 0.6 is 11.3 Å². The van der Waals surface area contributed by atoms with Crippen LogP contribution < -0.4 is 5.32 Å². The maximum absolute atomic E-state index is 13.4. The summed E-state index contributed by atoms with van der Waals surface area (Å²) in [6.07, 6.45) is 1.65. The fourth-order valence-electron chi connectivity index (χ4n) is 3.36. The second-order valence-corrected chi connectivity index (χ2v) is 9.82. The summed E-state index contributed by atoms with van der Waals surface area (Å²) in [6.45, 7) is 0. The molecule has 156 valence electrons. The summed E-state index contributed by atoms with van der Waals surface area (Å²) in [5, 5.41) is 9.16. The van der Waals surface area contributed by atoms with Crippen LogP contribution in [-0.4, -0.2) is 34.1 Å². The molecule has 0 fully saturated rings. The third-order valence-electron chi connectivity index (χ3n) is 4.73. The van der Waals surface area contributed by atoms with E-state index in [0.29, 0.717) is 33.5 Å². The standard InChI is InChI=1S/C20H14FN5O3S2/c21-12-4-6-13(7-5-12)26-18(14-10-31(28,29)11-17(14)25-26)19(27)24-20-23-16(9-30-20)15-3-1-2-8-22-15/h1-9H,10-11H2,(H,23,24,27). The molecule has 0 saturated heterocycles. The number of fused-ring (bicyclic) bond motifs is 1. The Bertz CT molecular complexity index is 1400. The van der Waals surface area contributed by atoms with Crippen molar-refractivity contribution in [3.8, 4) is 17.1 Å². The predicted octanol–water partition coefficient (Wildman–Crippen LogP) is 3.21. The molecular weight excluding hydrogens is 441 g/mol. The molecule has 0 radical (unpaired) electrons. The number of amides is 1. The lowest BCUT2D eigenvalue weighted by Crippen LogP contribution is -2.19. The molecule has 1 aliphatic heterocycles. The highest BCUT2D eigenvalue weighted by Gasteiger charge is 2.35. The van der Waals surface area contributed by atoms with Gasteiger partial charge < -0.3 is 0 Å². The molecule has 3 aromatic heterocycles. The number of benzene rings is 1. The van der Waals surface area contributed by atoms with Crippen LogP contribution in [0.2, 0.25) is 0 Å². The fourth-order valence-corrected chi connectivity index (χ4v) is 5.56. The Morgan fingerprint density at radius 1 is 1.10 bits per heavy atom. The topological polar surface area (TPSA) is 107 Å². The second kappa shape index (κ2) is 7.36. The Kier molecular flexibility index (Phi) is 4.63. The molecule has 0 unspecified atom stereocenters. The van der Waals surface area contributed by atoms with Crippen molar-refractivity contribution >= 4 is 32.2 Å². The van der Waals surface area contributed by atoms with E-state index < -0.39 is 21.6 Å². The Balaban J connectivity index is 1.51. The second-order valence-electron chi connectivity index (χ2n) is 6.90. The Morgan fingerprint density at radius 2 is 1.90 bits per heavy atom. The lowest BCUT2D eigenvalue weighted by atomic mass is 10.2. The molecule has 1 amide bonds. The molecule has 0 atom stereocenters. The molecule has 0 bridgehead atoms. The molecule has 11 heteroatoms. The van der Waals surface area contributed by atoms with Gasteiger partial charge in [-0.2, -0.15) is 5.10 Å². The third kappa shape index (κ3) is 3.73. The summed E-state index contributed by atoms with van der Waals surface area (Å²) in [7, 11) is -3.37. The van der Waals surface area contributed by atoms with Gasteiger partial charge in [-0.05, 0) is 36.4 Å². The monoisotopic (exact) mass is 455 g/mol. The van der Waals surface area contributed by atoms with Crippen molar-refractivity contribution < 1.29 is 17.6 Å². The number of hydrogen-bond donors (Lipinski definition) is 1. The lowest BCUT2D eigenvalue weighted by Gasteiger charge is -2.09. The quantitative estimate of drug-likeness (QED) is 0.506. The zero-order valence-corrected chi connectivity index (χ0v) is 17.5. The van der Waals surface area contributed by atoms with Crippen LogP contribution in [0.5, 0.6) is 0 Å². The number of sulfone groups is 1. The van der Waals surface area contributed by atoms with Gasteiger partial charge in [0.15, 0.2) is 15.0 Å². The molecule has 0 aliphatic carbocycles. The van der Waals surface area contributed by atoms with Crippen LogP contribution in [0.1, 0.15) is 21.7 Å². The van der Waals surface area contributed by atoms with Crippen molar-refractivity contribution in [1.82, 2.24) is 19.7 Å². The van der Waals surface area contributed by atoms with Gasteiger partial charge in [-0.15, -0.1) is 11.3 Å². The smallest absolute Gasteiger partial charge is 0.276 e. The number of nitrogens with one attached hydrogen (secondary N) is 1. The van der Waals surface area contributed by atoms with E-state index in [9.17, 15) is 17.6 Å². The number of thiazole rings is 1. The van der Waals surface area contributed by atoms with Crippen molar-refractivity contribution in [2.24, 2.45) is 0 Å². The van der Waals surface area contributed by atoms with Gasteiger partial charge in [0.2, 0.25) is 0 Å². The van der Waals surface area contributed by atoms with Gasteiger partial charge in [0, 0.05) is 17.1 Å². The zero-order chi connectivity index (χ0) is 21.6. The van der Waals surface area contributed by atoms with Gasteiger partial charge in [0.1, 0.15) is 17.2 Å². The van der Waals surface area contributed by atoms with Gasteiger partial charge in [0.05, 0.1) is 28.6 Å². The van der Waals surface area contributed by atoms with E-state index in [4.69, 9.17) is 0 Å². The van der Waals surface area contributed by atoms with E-state index in [-0.39, 0.29) is 17.2 Å². The first-order valence-electron chi connectivity index (χ1n) is 9.15. The van der Waals surface area contributed by atoms with Crippen molar-refractivity contribution in [2.75, 3.05) is 5.32 Å². The summed E-state index contributed by atoms with van der Waals surface area (Å²) in [4.78, 5) is 21.8. The van der Waals surface area contributed by atoms with E-state index in [0.717, 1.165) is 0 Å². The predicted molar refractivity (Wildman–Crippen MR) is 113 cm³/mol. The summed E-state index contributed by atoms with van der Waals surface area (Å²) in [5.74, 6) is -1.49. The number of carbonyl (C=O) groups excluding carboxylic acids is 1. The summed E-state index contributed by atoms with van der Waals surface area (Å²) >= 11 is 1.23. The van der Waals surface area contributed by atoms with E-state index in [1.165, 1.54) is 40.3 Å². The number of rotatable bonds is 4. The van der Waals surface area contributed by atoms with Gasteiger partial charge in [-0.3, -0.25) is 15.1 Å². The minimum Gasteiger partial charge on any atom is -0.296 e. The van der Waals surface area contributed by atoms with Crippen LogP contribution in [0.3, 0.4) is 0 Å². The number of halogens is 1. The van der Waals surface area contributed by atoms with Crippen LogP contribution in [-0.2, 0) is 21.3 Å². The highest BCUT2D eigenvalue weighted by atomic mass is 32.2. The molecule has 1 aliphatic rings. The number of carbonyl (C=O) groups is 1. The van der Waals surface area contributed by atoms with Crippen molar-refractivity contribution in [3.63, 3.8) is 0 Å². The summed E-state index contributed by atoms with van der Waals surface area (Å²) in [5.41, 5.74) is 2.50. The highest BCUT2D eigenvalue weighted by Crippen LogP contribution is 2.31. The molecule has 1 N–H and O–H groups in total. The van der Waals surface area contributed by atoms with Gasteiger partial charge >= 0.3 is 0 Å². The summed E-state index contributed by atoms with van der Waals surface area (Å²) < 4.78 is 38.9. The number of nitrogens with zero attached hydrogens (tertiary/aromatic N) is 4. The molecule has 4 aromatic rings. The normalized spacial score (nSPS) is 14.4. The molecule has 31 heavy (non-hydrogen) atoms. The number of aromatic nitrogens is 4. The third-order valence-corrected chi connectivity index (χ3v) is 6.93. The fraction of sp³-hybridized carbons (Fsp3) is 0.100. The average molecular weight is 455 g/mol. The maximum atomic E-state index is 13.4. The molecule has 4 heterocycles. The number of hydrogen-bond acceptors (Lipinski definition) is 7. The first-order valence-corrected chi connectivity index (χ1v) is 11.9. The summed E-state index contributed by atoms with van der Waals surface area (Å²) in [6, 6.07) is 10.9. The first-order chi connectivity index (χ1) is 14.9. The first kappa shape index (κ1) is 19.5. The largest absolute Gasteiger partial charge is 0.296 e.